The van der Waals surface area contributed by atoms with Crippen molar-refractivity contribution in [3.8, 4) is 5.75 Å². The molecule has 0 bridgehead atoms. The van der Waals surface area contributed by atoms with E-state index in [-0.39, 0.29) is 12.2 Å². The molecule has 0 saturated carbocycles. The van der Waals surface area contributed by atoms with E-state index in [0.29, 0.717) is 27.0 Å². The van der Waals surface area contributed by atoms with Crippen molar-refractivity contribution in [3.63, 3.8) is 0 Å². The summed E-state index contributed by atoms with van der Waals surface area (Å²) in [6.45, 7) is 0.244. The van der Waals surface area contributed by atoms with Gasteiger partial charge in [0.25, 0.3) is 11.8 Å². The summed E-state index contributed by atoms with van der Waals surface area (Å²) in [5, 5.41) is 3.28. The van der Waals surface area contributed by atoms with Crippen LogP contribution in [0.15, 0.2) is 64.6 Å². The number of hydrogen-bond acceptors (Lipinski definition) is 4. The van der Waals surface area contributed by atoms with Crippen LogP contribution in [0.2, 0.25) is 10.0 Å². The number of carbonyl (C=O) groups is 3. The number of nitrogens with zero attached hydrogens (tertiary/aromatic N) is 1. The molecule has 4 rings (SSSR count). The van der Waals surface area contributed by atoms with Crippen molar-refractivity contribution in [2.75, 3.05) is 4.90 Å². The van der Waals surface area contributed by atoms with Gasteiger partial charge in [0.2, 0.25) is 0 Å². The first-order chi connectivity index (χ1) is 16.6. The van der Waals surface area contributed by atoms with Gasteiger partial charge in [-0.15, -0.1) is 0 Å². The van der Waals surface area contributed by atoms with E-state index in [9.17, 15) is 14.4 Å². The molecule has 1 aliphatic heterocycles. The summed E-state index contributed by atoms with van der Waals surface area (Å²) in [5.41, 5.74) is 1.60. The average Bonchev–Trinajstić information content (AvgIpc) is 2.78. The number of amides is 4. The Labute approximate surface area is 246 Å². The number of anilines is 1. The first-order valence-electron chi connectivity index (χ1n) is 9.87. The molecule has 3 aromatic carbocycles. The van der Waals surface area contributed by atoms with E-state index in [1.165, 1.54) is 6.08 Å². The van der Waals surface area contributed by atoms with Gasteiger partial charge in [-0.2, -0.15) is 0 Å². The van der Waals surface area contributed by atoms with Crippen LogP contribution in [0.1, 0.15) is 11.1 Å². The summed E-state index contributed by atoms with van der Waals surface area (Å²) >= 11 is 19.8. The second-order valence-corrected chi connectivity index (χ2v) is 11.4. The van der Waals surface area contributed by atoms with Crippen LogP contribution in [0.25, 0.3) is 6.08 Å². The number of imide groups is 2. The fourth-order valence-corrected chi connectivity index (χ4v) is 6.09. The smallest absolute Gasteiger partial charge is 0.335 e. The van der Waals surface area contributed by atoms with Gasteiger partial charge in [-0.05, 0) is 105 Å². The molecular weight excluding hydrogens is 785 g/mol. The van der Waals surface area contributed by atoms with E-state index in [1.807, 2.05) is 0 Å². The van der Waals surface area contributed by atoms with Crippen LogP contribution in [0, 0.1) is 7.14 Å². The zero-order valence-corrected chi connectivity index (χ0v) is 24.9. The Morgan fingerprint density at radius 2 is 1.63 bits per heavy atom. The fraction of sp³-hybridized carbons (Fsp3) is 0.0417. The number of rotatable bonds is 5. The van der Waals surface area contributed by atoms with E-state index in [0.717, 1.165) is 22.1 Å². The van der Waals surface area contributed by atoms with Gasteiger partial charge in [-0.1, -0.05) is 45.2 Å². The summed E-state index contributed by atoms with van der Waals surface area (Å²) in [6.07, 6.45) is 1.46. The summed E-state index contributed by atoms with van der Waals surface area (Å²) < 4.78 is 8.34. The van der Waals surface area contributed by atoms with Crippen molar-refractivity contribution in [1.29, 1.82) is 0 Å². The highest BCUT2D eigenvalue weighted by molar-refractivity contribution is 14.1. The van der Waals surface area contributed by atoms with E-state index in [1.54, 1.807) is 54.6 Å². The molecule has 0 atom stereocenters. The minimum absolute atomic E-state index is 0.152. The molecule has 4 amide bonds. The largest absolute Gasteiger partial charge is 0.487 e. The molecule has 178 valence electrons. The van der Waals surface area contributed by atoms with Crippen molar-refractivity contribution >= 4 is 114 Å². The summed E-state index contributed by atoms with van der Waals surface area (Å²) in [5.74, 6) is -0.815. The second kappa shape index (κ2) is 11.2. The predicted molar refractivity (Wildman–Crippen MR) is 156 cm³/mol. The van der Waals surface area contributed by atoms with Crippen LogP contribution in [-0.2, 0) is 16.2 Å². The van der Waals surface area contributed by atoms with Crippen molar-refractivity contribution in [2.45, 2.75) is 6.61 Å². The van der Waals surface area contributed by atoms with E-state index >= 15 is 0 Å². The van der Waals surface area contributed by atoms with Crippen LogP contribution in [-0.4, -0.2) is 17.8 Å². The zero-order chi connectivity index (χ0) is 25.3. The molecule has 1 aliphatic rings. The third-order valence-corrected chi connectivity index (χ3v) is 7.62. The SMILES string of the molecule is O=C1NC(=O)N(c2ccc(Br)cc2)C(=O)/C1=C/c1cc(I)c(OCc2ccc(Cl)cc2Cl)c(I)c1. The van der Waals surface area contributed by atoms with Crippen molar-refractivity contribution < 1.29 is 19.1 Å². The van der Waals surface area contributed by atoms with Gasteiger partial charge in [-0.3, -0.25) is 14.9 Å². The van der Waals surface area contributed by atoms with Crippen LogP contribution in [0.4, 0.5) is 10.5 Å². The van der Waals surface area contributed by atoms with E-state index < -0.39 is 17.8 Å². The summed E-state index contributed by atoms with van der Waals surface area (Å²) in [7, 11) is 0. The van der Waals surface area contributed by atoms with Gasteiger partial charge in [0.1, 0.15) is 17.9 Å². The molecule has 3 aromatic rings. The molecule has 1 N–H and O–H groups in total. The zero-order valence-electron chi connectivity index (χ0n) is 17.5. The Morgan fingerprint density at radius 1 is 0.971 bits per heavy atom. The van der Waals surface area contributed by atoms with Gasteiger partial charge in [0, 0.05) is 20.1 Å². The Bertz CT molecular complexity index is 1370. The number of hydrogen-bond donors (Lipinski definition) is 1. The number of urea groups is 1. The van der Waals surface area contributed by atoms with Crippen molar-refractivity contribution in [1.82, 2.24) is 5.32 Å². The van der Waals surface area contributed by atoms with Gasteiger partial charge in [0.15, 0.2) is 0 Å². The molecule has 1 saturated heterocycles. The molecule has 1 heterocycles. The normalized spacial score (nSPS) is 14.9. The maximum absolute atomic E-state index is 13.1. The minimum atomic E-state index is -0.798. The number of nitrogens with one attached hydrogen (secondary N) is 1. The third kappa shape index (κ3) is 6.01. The number of ether oxygens (including phenoxy) is 1. The first-order valence-corrected chi connectivity index (χ1v) is 13.6. The number of barbiturate groups is 1. The van der Waals surface area contributed by atoms with Gasteiger partial charge < -0.3 is 4.74 Å². The quantitative estimate of drug-likeness (QED) is 0.168. The molecule has 0 aliphatic carbocycles. The number of benzene rings is 3. The second-order valence-electron chi connectivity index (χ2n) is 7.27. The lowest BCUT2D eigenvalue weighted by molar-refractivity contribution is -0.122. The van der Waals surface area contributed by atoms with Crippen molar-refractivity contribution in [3.05, 3.63) is 93.0 Å². The predicted octanol–water partition coefficient (Wildman–Crippen LogP) is 7.21. The van der Waals surface area contributed by atoms with Gasteiger partial charge in [0.05, 0.1) is 12.8 Å². The highest BCUT2D eigenvalue weighted by atomic mass is 127. The van der Waals surface area contributed by atoms with Gasteiger partial charge >= 0.3 is 6.03 Å². The molecule has 0 spiro atoms. The highest BCUT2D eigenvalue weighted by Gasteiger charge is 2.36. The van der Waals surface area contributed by atoms with E-state index in [2.05, 4.69) is 66.4 Å². The molecule has 6 nitrogen and oxygen atoms in total. The average molecular weight is 798 g/mol. The van der Waals surface area contributed by atoms with Crippen LogP contribution in [0.5, 0.6) is 5.75 Å². The lowest BCUT2D eigenvalue weighted by atomic mass is 10.1. The number of halogens is 5. The molecule has 35 heavy (non-hydrogen) atoms. The Balaban J connectivity index is 1.60. The summed E-state index contributed by atoms with van der Waals surface area (Å²) in [6, 6.07) is 14.6. The minimum Gasteiger partial charge on any atom is -0.487 e. The molecule has 0 unspecified atom stereocenters. The number of carbonyl (C=O) groups excluding carboxylic acids is 3. The summed E-state index contributed by atoms with van der Waals surface area (Å²) in [4.78, 5) is 38.9. The monoisotopic (exact) mass is 796 g/mol. The lowest BCUT2D eigenvalue weighted by Gasteiger charge is -2.26. The Hall–Kier alpha value is -1.67. The highest BCUT2D eigenvalue weighted by Crippen LogP contribution is 2.32. The Morgan fingerprint density at radius 3 is 2.26 bits per heavy atom. The molecular formula is C24H13BrCl2I2N2O4. The lowest BCUT2D eigenvalue weighted by Crippen LogP contribution is -2.54. The fourth-order valence-electron chi connectivity index (χ4n) is 3.24. The molecule has 11 heteroatoms. The standard InChI is InChI=1S/C24H13BrCl2I2N2O4/c25-14-2-5-16(6-3-14)31-23(33)17(22(32)30-24(31)34)7-12-8-19(28)21(20(29)9-12)35-11-13-1-4-15(26)10-18(13)27/h1-10H,11H2,(H,30,32,34)/b17-7+. The maximum Gasteiger partial charge on any atom is 0.335 e. The van der Waals surface area contributed by atoms with Crippen LogP contribution in [0.3, 0.4) is 0 Å². The van der Waals surface area contributed by atoms with Crippen LogP contribution < -0.4 is 15.0 Å². The van der Waals surface area contributed by atoms with E-state index in [4.69, 9.17) is 27.9 Å². The van der Waals surface area contributed by atoms with Crippen molar-refractivity contribution in [2.24, 2.45) is 0 Å². The van der Waals surface area contributed by atoms with Gasteiger partial charge in [-0.25, -0.2) is 9.69 Å². The molecule has 1 fully saturated rings. The third-order valence-electron chi connectivity index (χ3n) is 4.91. The Kier molecular flexibility index (Phi) is 8.41. The topological polar surface area (TPSA) is 75.7 Å². The maximum atomic E-state index is 13.1. The molecule has 0 radical (unpaired) electrons. The van der Waals surface area contributed by atoms with Crippen LogP contribution >= 0.6 is 84.3 Å². The first kappa shape index (κ1) is 26.4. The molecule has 0 aromatic heterocycles.